The first-order chi connectivity index (χ1) is 11.3. The summed E-state index contributed by atoms with van der Waals surface area (Å²) < 4.78 is 13.2. The minimum atomic E-state index is -0.873. The third kappa shape index (κ3) is 3.94. The molecule has 5 heteroatoms. The van der Waals surface area contributed by atoms with Crippen LogP contribution in [0.4, 0.5) is 4.39 Å². The van der Waals surface area contributed by atoms with Gasteiger partial charge in [0.25, 0.3) is 0 Å². The van der Waals surface area contributed by atoms with E-state index in [4.69, 9.17) is 5.11 Å². The minimum Gasteiger partial charge on any atom is -0.481 e. The zero-order chi connectivity index (χ0) is 17.8. The topological polar surface area (TPSA) is 66.4 Å². The van der Waals surface area contributed by atoms with Crippen LogP contribution in [0, 0.1) is 11.2 Å². The van der Waals surface area contributed by atoms with Crippen LogP contribution in [0.2, 0.25) is 0 Å². The Balaban J connectivity index is 2.11. The van der Waals surface area contributed by atoms with Gasteiger partial charge in [0.05, 0.1) is 10.8 Å². The molecule has 2 rings (SSSR count). The third-order valence-corrected chi connectivity index (χ3v) is 5.15. The first-order valence-electron chi connectivity index (χ1n) is 8.56. The van der Waals surface area contributed by atoms with Crippen molar-refractivity contribution in [1.29, 1.82) is 0 Å². The van der Waals surface area contributed by atoms with Crippen LogP contribution in [0.15, 0.2) is 24.3 Å². The fourth-order valence-electron chi connectivity index (χ4n) is 3.34. The molecule has 0 spiro atoms. The number of carbonyl (C=O) groups is 2. The number of carboxylic acid groups (broad SMARTS) is 1. The molecule has 1 aliphatic carbocycles. The zero-order valence-electron chi connectivity index (χ0n) is 14.4. The Kier molecular flexibility index (Phi) is 5.62. The van der Waals surface area contributed by atoms with E-state index in [2.05, 4.69) is 5.32 Å². The number of amides is 1. The molecule has 2 N–H and O–H groups in total. The van der Waals surface area contributed by atoms with Gasteiger partial charge < -0.3 is 10.4 Å². The fraction of sp³-hybridized carbons (Fsp3) is 0.579. The highest BCUT2D eigenvalue weighted by molar-refractivity contribution is 5.88. The van der Waals surface area contributed by atoms with Gasteiger partial charge in [0, 0.05) is 6.54 Å². The summed E-state index contributed by atoms with van der Waals surface area (Å²) in [5.74, 6) is -1.26. The van der Waals surface area contributed by atoms with Gasteiger partial charge >= 0.3 is 5.97 Å². The molecule has 1 aliphatic rings. The molecule has 1 aromatic rings. The molecule has 0 radical (unpaired) electrons. The smallest absolute Gasteiger partial charge is 0.309 e. The quantitative estimate of drug-likeness (QED) is 0.834. The highest BCUT2D eigenvalue weighted by Gasteiger charge is 2.41. The lowest BCUT2D eigenvalue weighted by Gasteiger charge is -2.36. The normalized spacial score (nSPS) is 17.3. The molecule has 0 unspecified atom stereocenters. The van der Waals surface area contributed by atoms with Crippen molar-refractivity contribution in [2.75, 3.05) is 6.54 Å². The molecule has 0 bridgehead atoms. The molecule has 0 heterocycles. The van der Waals surface area contributed by atoms with Crippen LogP contribution in [-0.4, -0.2) is 23.5 Å². The first kappa shape index (κ1) is 18.4. The monoisotopic (exact) mass is 335 g/mol. The van der Waals surface area contributed by atoms with Crippen molar-refractivity contribution in [2.45, 2.75) is 57.8 Å². The highest BCUT2D eigenvalue weighted by Crippen LogP contribution is 2.39. The Labute approximate surface area is 142 Å². The number of carboxylic acids is 1. The molecular weight excluding hydrogens is 309 g/mol. The predicted molar refractivity (Wildman–Crippen MR) is 90.2 cm³/mol. The lowest BCUT2D eigenvalue weighted by atomic mass is 9.68. The number of carbonyl (C=O) groups excluding carboxylic acids is 1. The number of benzene rings is 1. The van der Waals surface area contributed by atoms with E-state index in [-0.39, 0.29) is 11.7 Å². The molecule has 0 atom stereocenters. The van der Waals surface area contributed by atoms with Crippen LogP contribution in [-0.2, 0) is 15.0 Å². The summed E-state index contributed by atoms with van der Waals surface area (Å²) in [6.45, 7) is 3.62. The maximum atomic E-state index is 13.2. The second-order valence-electron chi connectivity index (χ2n) is 7.34. The molecule has 1 amide bonds. The molecule has 0 saturated heterocycles. The van der Waals surface area contributed by atoms with Crippen molar-refractivity contribution in [2.24, 2.45) is 5.41 Å². The average molecular weight is 335 g/mol. The van der Waals surface area contributed by atoms with Crippen LogP contribution in [0.3, 0.4) is 0 Å². The Hall–Kier alpha value is -1.91. The molecule has 1 fully saturated rings. The van der Waals surface area contributed by atoms with Gasteiger partial charge in [0.15, 0.2) is 0 Å². The van der Waals surface area contributed by atoms with E-state index >= 15 is 0 Å². The van der Waals surface area contributed by atoms with E-state index in [0.29, 0.717) is 13.0 Å². The largest absolute Gasteiger partial charge is 0.481 e. The average Bonchev–Trinajstić information content (AvgIpc) is 2.55. The molecular formula is C19H26FNO3. The summed E-state index contributed by atoms with van der Waals surface area (Å²) in [5, 5.41) is 12.1. The van der Waals surface area contributed by atoms with E-state index in [1.807, 2.05) is 0 Å². The molecule has 132 valence electrons. The highest BCUT2D eigenvalue weighted by atomic mass is 19.1. The summed E-state index contributed by atoms with van der Waals surface area (Å²) >= 11 is 0. The van der Waals surface area contributed by atoms with Gasteiger partial charge in [-0.15, -0.1) is 0 Å². The number of rotatable bonds is 6. The minimum absolute atomic E-state index is 0.0741. The predicted octanol–water partition coefficient (Wildman–Crippen LogP) is 3.64. The lowest BCUT2D eigenvalue weighted by Crippen LogP contribution is -2.46. The van der Waals surface area contributed by atoms with Crippen molar-refractivity contribution >= 4 is 11.9 Å². The second kappa shape index (κ2) is 7.32. The second-order valence-corrected chi connectivity index (χ2v) is 7.34. The number of aliphatic carboxylic acids is 1. The maximum Gasteiger partial charge on any atom is 0.309 e. The number of halogens is 1. The van der Waals surface area contributed by atoms with Crippen LogP contribution < -0.4 is 5.32 Å². The third-order valence-electron chi connectivity index (χ3n) is 5.15. The van der Waals surface area contributed by atoms with Crippen molar-refractivity contribution in [3.8, 4) is 0 Å². The Morgan fingerprint density at radius 1 is 1.17 bits per heavy atom. The van der Waals surface area contributed by atoms with E-state index in [9.17, 15) is 14.0 Å². The SMILES string of the molecule is CC(C)(CCNC(=O)C1(c2ccc(F)cc2)CCCCC1)C(=O)O. The fourth-order valence-corrected chi connectivity index (χ4v) is 3.34. The molecule has 0 aliphatic heterocycles. The Morgan fingerprint density at radius 2 is 1.75 bits per heavy atom. The first-order valence-corrected chi connectivity index (χ1v) is 8.56. The zero-order valence-corrected chi connectivity index (χ0v) is 14.4. The molecule has 4 nitrogen and oxygen atoms in total. The van der Waals surface area contributed by atoms with Gasteiger partial charge in [-0.05, 0) is 50.8 Å². The number of nitrogens with one attached hydrogen (secondary N) is 1. The van der Waals surface area contributed by atoms with Crippen molar-refractivity contribution in [3.63, 3.8) is 0 Å². The van der Waals surface area contributed by atoms with E-state index < -0.39 is 16.8 Å². The summed E-state index contributed by atoms with van der Waals surface area (Å²) in [4.78, 5) is 24.1. The van der Waals surface area contributed by atoms with E-state index in [1.165, 1.54) is 12.1 Å². The summed E-state index contributed by atoms with van der Waals surface area (Å²) in [6, 6.07) is 6.18. The van der Waals surface area contributed by atoms with Gasteiger partial charge in [0.2, 0.25) is 5.91 Å². The molecule has 24 heavy (non-hydrogen) atoms. The van der Waals surface area contributed by atoms with E-state index in [0.717, 1.165) is 37.7 Å². The van der Waals surface area contributed by atoms with Crippen LogP contribution >= 0.6 is 0 Å². The molecule has 1 aromatic carbocycles. The van der Waals surface area contributed by atoms with Crippen LogP contribution in [0.5, 0.6) is 0 Å². The standard InChI is InChI=1S/C19H26FNO3/c1-18(2,17(23)24)12-13-21-16(22)19(10-4-3-5-11-19)14-6-8-15(20)9-7-14/h6-9H,3-5,10-13H2,1-2H3,(H,21,22)(H,23,24). The summed E-state index contributed by atoms with van der Waals surface area (Å²) in [7, 11) is 0. The maximum absolute atomic E-state index is 13.2. The summed E-state index contributed by atoms with van der Waals surface area (Å²) in [5.41, 5.74) is -0.652. The number of hydrogen-bond donors (Lipinski definition) is 2. The van der Waals surface area contributed by atoms with Crippen LogP contribution in [0.25, 0.3) is 0 Å². The molecule has 0 aromatic heterocycles. The van der Waals surface area contributed by atoms with Gasteiger partial charge in [-0.3, -0.25) is 9.59 Å². The summed E-state index contributed by atoms with van der Waals surface area (Å²) in [6.07, 6.45) is 4.88. The number of hydrogen-bond acceptors (Lipinski definition) is 2. The van der Waals surface area contributed by atoms with Crippen molar-refractivity contribution in [1.82, 2.24) is 5.32 Å². The van der Waals surface area contributed by atoms with Crippen molar-refractivity contribution < 1.29 is 19.1 Å². The van der Waals surface area contributed by atoms with Gasteiger partial charge in [-0.1, -0.05) is 31.4 Å². The van der Waals surface area contributed by atoms with E-state index in [1.54, 1.807) is 26.0 Å². The van der Waals surface area contributed by atoms with Gasteiger partial charge in [-0.2, -0.15) is 0 Å². The molecule has 1 saturated carbocycles. The van der Waals surface area contributed by atoms with Gasteiger partial charge in [0.1, 0.15) is 5.82 Å². The Bertz CT molecular complexity index is 589. The van der Waals surface area contributed by atoms with Gasteiger partial charge in [-0.25, -0.2) is 4.39 Å². The van der Waals surface area contributed by atoms with Crippen LogP contribution in [0.1, 0.15) is 57.9 Å². The Morgan fingerprint density at radius 3 is 2.29 bits per heavy atom. The van der Waals surface area contributed by atoms with Crippen molar-refractivity contribution in [3.05, 3.63) is 35.6 Å². The lowest BCUT2D eigenvalue weighted by molar-refractivity contribution is -0.147.